The molecule has 8 aliphatic rings. The molecule has 0 heterocycles. The molecule has 0 aromatic heterocycles. The molecular formula is C90H185B3O13PSi5. The molecule has 8 saturated carbocycles. The molecule has 0 aliphatic heterocycles. The van der Waals surface area contributed by atoms with Crippen LogP contribution in [0.15, 0.2) is 0 Å². The van der Waals surface area contributed by atoms with E-state index in [0.717, 1.165) is 169 Å². The highest BCUT2D eigenvalue weighted by Gasteiger charge is 2.43. The Bertz CT molecular complexity index is 2330. The van der Waals surface area contributed by atoms with E-state index < -0.39 is 52.3 Å². The van der Waals surface area contributed by atoms with Crippen molar-refractivity contribution >= 4 is 105 Å². The van der Waals surface area contributed by atoms with Crippen LogP contribution in [0.25, 0.3) is 0 Å². The predicted molar refractivity (Wildman–Crippen MR) is 502 cm³/mol. The topological polar surface area (TPSA) is 203 Å². The molecule has 0 aromatic carbocycles. The number of carboxylic acids is 2. The maximum Gasteiger partial charge on any atom is 0.309 e. The van der Waals surface area contributed by atoms with Gasteiger partial charge in [-0.2, -0.15) is 0 Å². The first kappa shape index (κ1) is 113. The molecule has 22 heteroatoms. The Hall–Kier alpha value is -1.06. The van der Waals surface area contributed by atoms with E-state index >= 15 is 0 Å². The second-order valence-corrected chi connectivity index (χ2v) is 66.1. The van der Waals surface area contributed by atoms with Crippen molar-refractivity contribution in [3.8, 4) is 0 Å². The molecule has 4 N–H and O–H groups in total. The molecule has 13 nitrogen and oxygen atoms in total. The van der Waals surface area contributed by atoms with Gasteiger partial charge < -0.3 is 39.2 Å². The average molecular weight is 1680 g/mol. The molecule has 8 rings (SSSR count). The van der Waals surface area contributed by atoms with Gasteiger partial charge in [-0.3, -0.25) is 24.0 Å². The van der Waals surface area contributed by atoms with Gasteiger partial charge in [-0.25, -0.2) is 0 Å². The molecular weight excluding hydrogens is 1490 g/mol. The van der Waals surface area contributed by atoms with Gasteiger partial charge in [0.15, 0.2) is 0 Å². The molecule has 8 fully saturated rings. The number of aliphatic hydroxyl groups excluding tert-OH is 2. The Morgan fingerprint density at radius 1 is 0.286 bits per heavy atom. The highest BCUT2D eigenvalue weighted by molar-refractivity contribution is 7.09. The Morgan fingerprint density at radius 2 is 0.455 bits per heavy atom. The Balaban J connectivity index is -0.000000464. The third kappa shape index (κ3) is 42.4. The monoisotopic (exact) mass is 1680 g/mol. The van der Waals surface area contributed by atoms with Gasteiger partial charge in [0.1, 0.15) is 18.3 Å². The molecule has 1 atom stereocenters. The third-order valence-electron chi connectivity index (χ3n) is 28.9. The van der Waals surface area contributed by atoms with Crippen LogP contribution in [-0.4, -0.2) is 153 Å². The quantitative estimate of drug-likeness (QED) is 0.0156. The summed E-state index contributed by atoms with van der Waals surface area (Å²) in [4.78, 5) is 60.3. The van der Waals surface area contributed by atoms with Crippen LogP contribution in [0.5, 0.6) is 0 Å². The lowest BCUT2D eigenvalue weighted by atomic mass is 9.88. The van der Waals surface area contributed by atoms with E-state index in [9.17, 15) is 29.1 Å². The lowest BCUT2D eigenvalue weighted by Crippen LogP contribution is -2.38. The standard InChI is InChI=1S/C34H64O4Si2.C20H38O3Si.2C14H28O2Si.C6H13O2P.2CH4.3B.3H2/c1-7-9-11-25-39(3,4)31-21-13-27(14-22-31)33(35)37-29-17-19-30(20-18-29)38-34(36)28-15-23-32(24-16-28)40(5,6)26-12-10-8-2;1-4-5-6-15-24(2,3)19-13-7-16(8-14-19)20(22)23-18-11-9-17(21)10-12-18;2*1-4-5-6-11-17(2,3)13-9-7-12(8-10-13)14(15)16;7-5-1-3-6(8-9)4-2-5;;;;;;;;/h27-32H,7-26H2,1-6H3;16-19,21H,4-15H2,1-3H3;2*12-13H,4-11H2,1-3H3,(H,15,16);5-7H,1-4,9H2;2*1H4;;;;3*1H/i;;;;;;;;;;3*1+1. The lowest BCUT2D eigenvalue weighted by molar-refractivity contribution is -0.164. The second kappa shape index (κ2) is 59.6. The minimum absolute atomic E-state index is 0. The van der Waals surface area contributed by atoms with Crippen molar-refractivity contribution in [2.24, 2.45) is 29.6 Å². The summed E-state index contributed by atoms with van der Waals surface area (Å²) in [6.45, 7) is 36.8. The second-order valence-electron chi connectivity index (χ2n) is 39.4. The molecule has 0 amide bonds. The van der Waals surface area contributed by atoms with Crippen molar-refractivity contribution in [1.82, 2.24) is 0 Å². The molecule has 8 aliphatic carbocycles. The van der Waals surface area contributed by atoms with Crippen LogP contribution in [-0.2, 0) is 42.7 Å². The van der Waals surface area contributed by atoms with E-state index in [1.807, 2.05) is 0 Å². The number of hydrogen-bond donors (Lipinski definition) is 4. The fourth-order valence-electron chi connectivity index (χ4n) is 20.1. The number of unbranched alkanes of at least 4 members (excludes halogenated alkanes) is 10. The number of carbonyl (C=O) groups is 5. The SMILES string of the molecule is C.C.CCCCC[Si](C)(C)C1CCC(C(=O)O)CC1.CCCCC[Si](C)(C)C1CCC(C(=O)O)CC1.CCCCC[Si](C)(C)C1CCC(C(=O)OC2CCC(O)CC2)CC1.CCCCC[Si](C)(C)C1CCC(C(=O)OC2CCC(OC(=O)C3CCC([Si](C)(C)CCCCC)CC3)CC2)CC1.OC1CCC(OP)CC1.[2HH].[2HH].[2HH].[B].[B].[B]. The minimum atomic E-state index is -1.19. The maximum atomic E-state index is 13.0. The molecule has 0 saturated heterocycles. The first-order valence-electron chi connectivity index (χ1n) is 45.5. The number of aliphatic carboxylic acids is 2. The van der Waals surface area contributed by atoms with E-state index in [4.69, 9.17) is 34.1 Å². The van der Waals surface area contributed by atoms with Gasteiger partial charge in [0.05, 0.1) is 88.3 Å². The summed E-state index contributed by atoms with van der Waals surface area (Å²) in [5.41, 5.74) is 4.37. The van der Waals surface area contributed by atoms with Gasteiger partial charge in [-0.05, 0) is 169 Å². The van der Waals surface area contributed by atoms with Crippen LogP contribution in [0.3, 0.4) is 0 Å². The smallest absolute Gasteiger partial charge is 0.309 e. The van der Waals surface area contributed by atoms with Crippen molar-refractivity contribution < 1.29 is 67.4 Å². The van der Waals surface area contributed by atoms with E-state index in [1.54, 1.807) is 0 Å². The van der Waals surface area contributed by atoms with Crippen LogP contribution in [0.4, 0.5) is 0 Å². The number of esters is 3. The van der Waals surface area contributed by atoms with Crippen LogP contribution in [0, 0.1) is 29.6 Å². The number of aliphatic hydroxyl groups is 2. The molecule has 0 spiro atoms. The van der Waals surface area contributed by atoms with Crippen LogP contribution >= 0.6 is 9.47 Å². The molecule has 1 unspecified atom stereocenters. The highest BCUT2D eigenvalue weighted by atomic mass is 31.0. The summed E-state index contributed by atoms with van der Waals surface area (Å²) in [6, 6.07) is 7.20. The van der Waals surface area contributed by atoms with Gasteiger partial charge in [0.25, 0.3) is 0 Å². The fourth-order valence-corrected chi connectivity index (χ4v) is 37.7. The van der Waals surface area contributed by atoms with E-state index in [0.29, 0.717) is 6.10 Å². The van der Waals surface area contributed by atoms with E-state index in [2.05, 4.69) is 110 Å². The fraction of sp³-hybridized carbons (Fsp3) is 0.944. The summed E-state index contributed by atoms with van der Waals surface area (Å²) in [5.74, 6) is -0.788. The van der Waals surface area contributed by atoms with E-state index in [1.165, 1.54) is 191 Å². The molecule has 0 bridgehead atoms. The van der Waals surface area contributed by atoms with Crippen LogP contribution in [0.1, 0.15) is 356 Å². The van der Waals surface area contributed by atoms with Crippen molar-refractivity contribution in [1.29, 1.82) is 0 Å². The van der Waals surface area contributed by atoms with Gasteiger partial charge in [-0.1, -0.05) is 306 Å². The minimum Gasteiger partial charge on any atom is -0.481 e. The summed E-state index contributed by atoms with van der Waals surface area (Å²) in [7, 11) is -3.43. The number of rotatable bonds is 34. The molecule has 112 heavy (non-hydrogen) atoms. The van der Waals surface area contributed by atoms with Crippen LogP contribution in [0.2, 0.25) is 123 Å². The normalized spacial score (nSPS) is 28.3. The summed E-state index contributed by atoms with van der Waals surface area (Å²) in [6.07, 6.45) is 52.6. The van der Waals surface area contributed by atoms with Crippen molar-refractivity contribution in [3.63, 3.8) is 0 Å². The summed E-state index contributed by atoms with van der Waals surface area (Å²) >= 11 is 0. The number of ether oxygens (including phenoxy) is 3. The van der Waals surface area contributed by atoms with Crippen molar-refractivity contribution in [2.45, 2.75) is 511 Å². The number of hydrogen-bond acceptors (Lipinski definition) is 11. The third-order valence-corrected chi connectivity index (χ3v) is 51.5. The molecule has 0 aromatic rings. The average Bonchev–Trinajstić information content (AvgIpc) is 0.846. The van der Waals surface area contributed by atoms with E-state index in [-0.39, 0.29) is 122 Å². The number of carboxylic acid groups (broad SMARTS) is 2. The Labute approximate surface area is 708 Å². The largest absolute Gasteiger partial charge is 0.481 e. The molecule has 657 valence electrons. The van der Waals surface area contributed by atoms with Gasteiger partial charge in [-0.15, -0.1) is 0 Å². The Morgan fingerprint density at radius 3 is 0.625 bits per heavy atom. The maximum absolute atomic E-state index is 13.0. The van der Waals surface area contributed by atoms with Gasteiger partial charge in [0.2, 0.25) is 0 Å². The summed E-state index contributed by atoms with van der Waals surface area (Å²) in [5, 5.41) is 36.6. The number of carbonyl (C=O) groups excluding carboxylic acids is 3. The Kier molecular flexibility index (Phi) is 60.1. The zero-order valence-corrected chi connectivity index (χ0v) is 79.9. The predicted octanol–water partition coefficient (Wildman–Crippen LogP) is 26.6. The van der Waals surface area contributed by atoms with Gasteiger partial charge in [0, 0.05) is 39.0 Å². The van der Waals surface area contributed by atoms with Crippen molar-refractivity contribution in [2.75, 3.05) is 0 Å². The van der Waals surface area contributed by atoms with Crippen molar-refractivity contribution in [3.05, 3.63) is 0 Å². The molecule has 9 radical (unpaired) electrons. The van der Waals surface area contributed by atoms with Gasteiger partial charge >= 0.3 is 29.8 Å². The zero-order chi connectivity index (χ0) is 79.2. The first-order chi connectivity index (χ1) is 50.7. The first-order valence-corrected chi connectivity index (χ1v) is 62.4. The summed E-state index contributed by atoms with van der Waals surface area (Å²) < 4.78 is 22.8. The lowest BCUT2D eigenvalue weighted by Gasteiger charge is -2.38. The highest BCUT2D eigenvalue weighted by Crippen LogP contribution is 2.48. The zero-order valence-electron chi connectivity index (χ0n) is 73.8. The van der Waals surface area contributed by atoms with Crippen LogP contribution < -0.4 is 0 Å².